The molecule has 0 fully saturated rings. The van der Waals surface area contributed by atoms with Crippen LogP contribution >= 0.6 is 11.8 Å². The summed E-state index contributed by atoms with van der Waals surface area (Å²) in [5.41, 5.74) is 0.415. The highest BCUT2D eigenvalue weighted by Gasteiger charge is 2.18. The molecule has 0 bridgehead atoms. The Morgan fingerprint density at radius 3 is 2.62 bits per heavy atom. The fraction of sp³-hybridized carbons (Fsp3) is 0.133. The van der Waals surface area contributed by atoms with Gasteiger partial charge in [0.15, 0.2) is 5.56 Å². The predicted molar refractivity (Wildman–Crippen MR) is 83.3 cm³/mol. The molecule has 0 aliphatic rings. The lowest BCUT2D eigenvalue weighted by Crippen LogP contribution is -2.22. The first kappa shape index (κ1) is 15.1. The van der Waals surface area contributed by atoms with Crippen LogP contribution in [-0.4, -0.2) is 29.3 Å². The van der Waals surface area contributed by atoms with Gasteiger partial charge in [0.1, 0.15) is 10.9 Å². The molecule has 0 amide bonds. The van der Waals surface area contributed by atoms with E-state index in [1.807, 2.05) is 36.4 Å². The standard InChI is InChI=1S/C15H14N2O3S/c1-20-15(19)12-13(18)16-11(17-14(12)21-2)9-8-10-6-4-3-5-7-10/h3-9H,1-2H3,(H,16,17,18)/b9-8+. The van der Waals surface area contributed by atoms with Crippen molar-refractivity contribution >= 4 is 29.9 Å². The Kier molecular flexibility index (Phi) is 4.94. The van der Waals surface area contributed by atoms with Crippen molar-refractivity contribution < 1.29 is 9.53 Å². The summed E-state index contributed by atoms with van der Waals surface area (Å²) >= 11 is 1.22. The van der Waals surface area contributed by atoms with E-state index in [1.54, 1.807) is 12.3 Å². The van der Waals surface area contributed by atoms with E-state index >= 15 is 0 Å². The van der Waals surface area contributed by atoms with Crippen LogP contribution in [0.15, 0.2) is 40.2 Å². The molecule has 0 saturated heterocycles. The molecule has 0 saturated carbocycles. The van der Waals surface area contributed by atoms with Gasteiger partial charge >= 0.3 is 5.97 Å². The minimum Gasteiger partial charge on any atom is -0.465 e. The first-order valence-electron chi connectivity index (χ1n) is 6.15. The molecule has 6 heteroatoms. The molecule has 0 aliphatic carbocycles. The average molecular weight is 302 g/mol. The molecule has 2 aromatic rings. The van der Waals surface area contributed by atoms with Crippen LogP contribution in [0.4, 0.5) is 0 Å². The highest BCUT2D eigenvalue weighted by Crippen LogP contribution is 2.16. The molecule has 2 rings (SSSR count). The number of rotatable bonds is 4. The zero-order chi connectivity index (χ0) is 15.2. The molecule has 0 unspecified atom stereocenters. The lowest BCUT2D eigenvalue weighted by atomic mass is 10.2. The Labute approximate surface area is 126 Å². The van der Waals surface area contributed by atoms with Crippen LogP contribution in [0.25, 0.3) is 12.2 Å². The van der Waals surface area contributed by atoms with Gasteiger partial charge in [-0.15, -0.1) is 11.8 Å². The van der Waals surface area contributed by atoms with Crippen LogP contribution in [0.5, 0.6) is 0 Å². The number of ether oxygens (including phenoxy) is 1. The molecule has 5 nitrogen and oxygen atoms in total. The van der Waals surface area contributed by atoms with Crippen LogP contribution in [0.2, 0.25) is 0 Å². The van der Waals surface area contributed by atoms with Crippen molar-refractivity contribution in [2.45, 2.75) is 5.03 Å². The molecular weight excluding hydrogens is 288 g/mol. The van der Waals surface area contributed by atoms with Gasteiger partial charge in [-0.25, -0.2) is 9.78 Å². The SMILES string of the molecule is COC(=O)c1c(SC)nc(/C=C/c2ccccc2)[nH]c1=O. The van der Waals surface area contributed by atoms with E-state index in [0.717, 1.165) is 5.56 Å². The number of nitrogens with zero attached hydrogens (tertiary/aromatic N) is 1. The van der Waals surface area contributed by atoms with Gasteiger partial charge in [0, 0.05) is 0 Å². The maximum atomic E-state index is 12.0. The molecule has 108 valence electrons. The summed E-state index contributed by atoms with van der Waals surface area (Å²) in [7, 11) is 1.23. The van der Waals surface area contributed by atoms with E-state index in [9.17, 15) is 9.59 Å². The van der Waals surface area contributed by atoms with Crippen molar-refractivity contribution in [1.29, 1.82) is 0 Å². The summed E-state index contributed by atoms with van der Waals surface area (Å²) in [4.78, 5) is 30.4. The monoisotopic (exact) mass is 302 g/mol. The highest BCUT2D eigenvalue weighted by atomic mass is 32.2. The Morgan fingerprint density at radius 2 is 2.00 bits per heavy atom. The van der Waals surface area contributed by atoms with E-state index in [0.29, 0.717) is 10.9 Å². The number of benzene rings is 1. The topological polar surface area (TPSA) is 72.0 Å². The minimum absolute atomic E-state index is 0.0677. The van der Waals surface area contributed by atoms with E-state index in [-0.39, 0.29) is 5.56 Å². The third kappa shape index (κ3) is 3.61. The number of H-pyrrole nitrogens is 1. The van der Waals surface area contributed by atoms with Crippen molar-refractivity contribution in [2.24, 2.45) is 0 Å². The van der Waals surface area contributed by atoms with Crippen LogP contribution < -0.4 is 5.56 Å². The van der Waals surface area contributed by atoms with Crippen LogP contribution in [0.3, 0.4) is 0 Å². The summed E-state index contributed by atoms with van der Waals surface area (Å²) in [5, 5.41) is 0.346. The number of esters is 1. The number of thioether (sulfide) groups is 1. The van der Waals surface area contributed by atoms with E-state index < -0.39 is 11.5 Å². The number of hydrogen-bond donors (Lipinski definition) is 1. The molecule has 0 radical (unpaired) electrons. The lowest BCUT2D eigenvalue weighted by Gasteiger charge is -2.04. The van der Waals surface area contributed by atoms with Gasteiger partial charge in [-0.1, -0.05) is 36.4 Å². The van der Waals surface area contributed by atoms with E-state index in [1.165, 1.54) is 18.9 Å². The number of aromatic nitrogens is 2. The molecule has 0 spiro atoms. The molecule has 1 aromatic heterocycles. The Balaban J connectivity index is 2.39. The Bertz CT molecular complexity index is 723. The van der Waals surface area contributed by atoms with Gasteiger partial charge in [0.25, 0.3) is 5.56 Å². The lowest BCUT2D eigenvalue weighted by molar-refractivity contribution is 0.0593. The summed E-state index contributed by atoms with van der Waals surface area (Å²) < 4.78 is 4.60. The number of carbonyl (C=O) groups excluding carboxylic acids is 1. The minimum atomic E-state index is -0.688. The normalized spacial score (nSPS) is 10.8. The molecule has 1 N–H and O–H groups in total. The summed E-state index contributed by atoms with van der Waals surface area (Å²) in [6.45, 7) is 0. The maximum absolute atomic E-state index is 12.0. The quantitative estimate of drug-likeness (QED) is 0.533. The van der Waals surface area contributed by atoms with E-state index in [2.05, 4.69) is 14.7 Å². The third-order valence-corrected chi connectivity index (χ3v) is 3.40. The molecule has 1 heterocycles. The Morgan fingerprint density at radius 1 is 1.29 bits per heavy atom. The van der Waals surface area contributed by atoms with E-state index in [4.69, 9.17) is 0 Å². The largest absolute Gasteiger partial charge is 0.465 e. The van der Waals surface area contributed by atoms with Gasteiger partial charge in [0.2, 0.25) is 0 Å². The summed E-state index contributed by atoms with van der Waals surface area (Å²) in [6.07, 6.45) is 5.27. The Hall–Kier alpha value is -2.34. The smallest absolute Gasteiger partial charge is 0.346 e. The fourth-order valence-corrected chi connectivity index (χ4v) is 2.29. The van der Waals surface area contributed by atoms with Gasteiger partial charge < -0.3 is 9.72 Å². The third-order valence-electron chi connectivity index (χ3n) is 2.72. The zero-order valence-electron chi connectivity index (χ0n) is 11.6. The number of aromatic amines is 1. The van der Waals surface area contributed by atoms with Crippen LogP contribution in [0.1, 0.15) is 21.7 Å². The number of nitrogens with one attached hydrogen (secondary N) is 1. The molecule has 0 aliphatic heterocycles. The van der Waals surface area contributed by atoms with Crippen molar-refractivity contribution in [3.63, 3.8) is 0 Å². The number of hydrogen-bond acceptors (Lipinski definition) is 5. The average Bonchev–Trinajstić information content (AvgIpc) is 2.52. The van der Waals surface area contributed by atoms with Gasteiger partial charge in [-0.3, -0.25) is 4.79 Å². The second kappa shape index (κ2) is 6.90. The second-order valence-electron chi connectivity index (χ2n) is 4.07. The predicted octanol–water partition coefficient (Wildman–Crippen LogP) is 2.45. The first-order chi connectivity index (χ1) is 10.2. The van der Waals surface area contributed by atoms with Crippen molar-refractivity contribution in [3.8, 4) is 0 Å². The number of methoxy groups -OCH3 is 1. The first-order valence-corrected chi connectivity index (χ1v) is 7.38. The van der Waals surface area contributed by atoms with Gasteiger partial charge in [-0.2, -0.15) is 0 Å². The molecule has 0 atom stereocenters. The van der Waals surface area contributed by atoms with Gasteiger partial charge in [0.05, 0.1) is 7.11 Å². The second-order valence-corrected chi connectivity index (χ2v) is 4.87. The highest BCUT2D eigenvalue weighted by molar-refractivity contribution is 7.98. The molecule has 21 heavy (non-hydrogen) atoms. The van der Waals surface area contributed by atoms with Gasteiger partial charge in [-0.05, 0) is 17.9 Å². The van der Waals surface area contributed by atoms with Crippen LogP contribution in [0, 0.1) is 0 Å². The maximum Gasteiger partial charge on any atom is 0.346 e. The van der Waals surface area contributed by atoms with Crippen molar-refractivity contribution in [2.75, 3.05) is 13.4 Å². The van der Waals surface area contributed by atoms with Crippen molar-refractivity contribution in [1.82, 2.24) is 9.97 Å². The summed E-state index contributed by atoms with van der Waals surface area (Å²) in [5.74, 6) is -0.299. The zero-order valence-corrected chi connectivity index (χ0v) is 12.4. The van der Waals surface area contributed by atoms with Crippen LogP contribution in [-0.2, 0) is 4.74 Å². The summed E-state index contributed by atoms with van der Waals surface area (Å²) in [6, 6.07) is 9.64. The molecule has 1 aromatic carbocycles. The fourth-order valence-electron chi connectivity index (χ4n) is 1.72. The molecular formula is C15H14N2O3S. The number of carbonyl (C=O) groups is 1. The van der Waals surface area contributed by atoms with Crippen molar-refractivity contribution in [3.05, 3.63) is 57.6 Å².